The number of hydrogen-bond donors (Lipinski definition) is 1. The molecule has 23 heavy (non-hydrogen) atoms. The van der Waals surface area contributed by atoms with E-state index in [0.29, 0.717) is 19.2 Å². The summed E-state index contributed by atoms with van der Waals surface area (Å²) in [7, 11) is 3.36. The van der Waals surface area contributed by atoms with Gasteiger partial charge in [-0.15, -0.1) is 0 Å². The lowest BCUT2D eigenvalue weighted by atomic mass is 10.1. The molecule has 126 valence electrons. The number of ether oxygens (including phenoxy) is 2. The summed E-state index contributed by atoms with van der Waals surface area (Å²) in [5.74, 6) is 0.947. The molecule has 2 heterocycles. The van der Waals surface area contributed by atoms with Crippen molar-refractivity contribution in [2.24, 2.45) is 0 Å². The molecular formula is C17H25N3O3. The van der Waals surface area contributed by atoms with Crippen molar-refractivity contribution < 1.29 is 14.3 Å². The second-order valence-electron chi connectivity index (χ2n) is 6.16. The Morgan fingerprint density at radius 2 is 2.13 bits per heavy atom. The van der Waals surface area contributed by atoms with E-state index in [4.69, 9.17) is 9.47 Å². The Hall–Kier alpha value is -1.63. The Kier molecular flexibility index (Phi) is 5.15. The van der Waals surface area contributed by atoms with Gasteiger partial charge in [0.1, 0.15) is 5.75 Å². The molecule has 2 aliphatic heterocycles. The lowest BCUT2D eigenvalue weighted by Crippen LogP contribution is -2.53. The molecule has 1 amide bonds. The Balaban J connectivity index is 1.60. The van der Waals surface area contributed by atoms with Crippen LogP contribution in [0, 0.1) is 0 Å². The molecule has 2 fully saturated rings. The Morgan fingerprint density at radius 3 is 2.83 bits per heavy atom. The molecular weight excluding hydrogens is 294 g/mol. The number of nitrogens with one attached hydrogen (secondary N) is 1. The minimum Gasteiger partial charge on any atom is -0.497 e. The largest absolute Gasteiger partial charge is 0.497 e. The molecule has 0 spiro atoms. The summed E-state index contributed by atoms with van der Waals surface area (Å²) in [5.41, 5.74) is 1.27. The Bertz CT molecular complexity index is 534. The highest BCUT2D eigenvalue weighted by atomic mass is 16.5. The van der Waals surface area contributed by atoms with Gasteiger partial charge in [0.15, 0.2) is 0 Å². The monoisotopic (exact) mass is 319 g/mol. The minimum absolute atomic E-state index is 0.0688. The number of likely N-dealkylation sites (N-methyl/N-ethyl adjacent to an activating group) is 1. The predicted octanol–water partition coefficient (Wildman–Crippen LogP) is 0.326. The number of amides is 1. The Labute approximate surface area is 137 Å². The first kappa shape index (κ1) is 16.2. The highest BCUT2D eigenvalue weighted by molar-refractivity contribution is 5.77. The SMILES string of the molecule is CNC(=O)CN1CCO[C@H]2CN(Cc3ccc(OC)cc3)C[C@H]21. The molecule has 1 aromatic carbocycles. The van der Waals surface area contributed by atoms with Crippen LogP contribution in [0.4, 0.5) is 0 Å². The van der Waals surface area contributed by atoms with Gasteiger partial charge in [0, 0.05) is 33.2 Å². The van der Waals surface area contributed by atoms with Crippen LogP contribution < -0.4 is 10.1 Å². The molecule has 0 bridgehead atoms. The molecule has 3 rings (SSSR count). The van der Waals surface area contributed by atoms with Gasteiger partial charge in [-0.05, 0) is 17.7 Å². The van der Waals surface area contributed by atoms with E-state index >= 15 is 0 Å². The van der Waals surface area contributed by atoms with Gasteiger partial charge in [-0.1, -0.05) is 12.1 Å². The molecule has 2 aliphatic rings. The third kappa shape index (κ3) is 3.83. The average Bonchev–Trinajstić information content (AvgIpc) is 2.99. The summed E-state index contributed by atoms with van der Waals surface area (Å²) in [6.45, 7) is 4.74. The second kappa shape index (κ2) is 7.29. The topological polar surface area (TPSA) is 54.0 Å². The van der Waals surface area contributed by atoms with Gasteiger partial charge in [-0.2, -0.15) is 0 Å². The first-order chi connectivity index (χ1) is 11.2. The van der Waals surface area contributed by atoms with E-state index < -0.39 is 0 Å². The molecule has 6 nitrogen and oxygen atoms in total. The summed E-state index contributed by atoms with van der Waals surface area (Å²) >= 11 is 0. The average molecular weight is 319 g/mol. The zero-order valence-corrected chi connectivity index (χ0v) is 13.8. The molecule has 0 aliphatic carbocycles. The number of likely N-dealkylation sites (tertiary alicyclic amines) is 1. The van der Waals surface area contributed by atoms with Crippen LogP contribution in [-0.2, 0) is 16.1 Å². The molecule has 6 heteroatoms. The van der Waals surface area contributed by atoms with Crippen molar-refractivity contribution >= 4 is 5.91 Å². The third-order valence-corrected chi connectivity index (χ3v) is 4.68. The normalized spacial score (nSPS) is 25.1. The van der Waals surface area contributed by atoms with Crippen LogP contribution in [0.25, 0.3) is 0 Å². The molecule has 2 atom stereocenters. The van der Waals surface area contributed by atoms with E-state index in [1.807, 2.05) is 12.1 Å². The van der Waals surface area contributed by atoms with E-state index in [1.165, 1.54) is 5.56 Å². The maximum absolute atomic E-state index is 11.7. The predicted molar refractivity (Wildman–Crippen MR) is 87.4 cm³/mol. The van der Waals surface area contributed by atoms with Crippen LogP contribution in [0.3, 0.4) is 0 Å². The van der Waals surface area contributed by atoms with Crippen molar-refractivity contribution in [2.75, 3.05) is 46.9 Å². The van der Waals surface area contributed by atoms with Gasteiger partial charge in [-0.3, -0.25) is 14.6 Å². The minimum atomic E-state index is 0.0688. The van der Waals surface area contributed by atoms with Crippen LogP contribution in [0.15, 0.2) is 24.3 Å². The molecule has 1 aromatic rings. The van der Waals surface area contributed by atoms with Crippen molar-refractivity contribution in [3.8, 4) is 5.75 Å². The summed E-state index contributed by atoms with van der Waals surface area (Å²) in [5, 5.41) is 2.71. The number of nitrogens with zero attached hydrogens (tertiary/aromatic N) is 2. The Morgan fingerprint density at radius 1 is 1.35 bits per heavy atom. The molecule has 0 unspecified atom stereocenters. The molecule has 2 saturated heterocycles. The molecule has 1 N–H and O–H groups in total. The number of benzene rings is 1. The van der Waals surface area contributed by atoms with Gasteiger partial charge in [0.25, 0.3) is 0 Å². The zero-order chi connectivity index (χ0) is 16.2. The van der Waals surface area contributed by atoms with Crippen LogP contribution in [0.2, 0.25) is 0 Å². The fraction of sp³-hybridized carbons (Fsp3) is 0.588. The van der Waals surface area contributed by atoms with E-state index in [1.54, 1.807) is 14.2 Å². The van der Waals surface area contributed by atoms with E-state index in [0.717, 1.165) is 31.9 Å². The first-order valence-corrected chi connectivity index (χ1v) is 8.11. The van der Waals surface area contributed by atoms with E-state index in [9.17, 15) is 4.79 Å². The van der Waals surface area contributed by atoms with Crippen molar-refractivity contribution in [3.63, 3.8) is 0 Å². The van der Waals surface area contributed by atoms with Crippen LogP contribution in [0.5, 0.6) is 5.75 Å². The van der Waals surface area contributed by atoms with Gasteiger partial charge in [0.2, 0.25) is 5.91 Å². The highest BCUT2D eigenvalue weighted by Gasteiger charge is 2.40. The smallest absolute Gasteiger partial charge is 0.233 e. The van der Waals surface area contributed by atoms with Crippen molar-refractivity contribution in [1.29, 1.82) is 0 Å². The van der Waals surface area contributed by atoms with Gasteiger partial charge < -0.3 is 14.8 Å². The fourth-order valence-electron chi connectivity index (χ4n) is 3.41. The lowest BCUT2D eigenvalue weighted by molar-refractivity contribution is -0.125. The van der Waals surface area contributed by atoms with Gasteiger partial charge in [0.05, 0.1) is 32.4 Å². The van der Waals surface area contributed by atoms with Crippen molar-refractivity contribution in [1.82, 2.24) is 15.1 Å². The number of carbonyl (C=O) groups excluding carboxylic acids is 1. The number of carbonyl (C=O) groups is 1. The number of hydrogen-bond acceptors (Lipinski definition) is 5. The number of morpholine rings is 1. The first-order valence-electron chi connectivity index (χ1n) is 8.11. The summed E-state index contributed by atoms with van der Waals surface area (Å²) in [6, 6.07) is 8.49. The third-order valence-electron chi connectivity index (χ3n) is 4.68. The molecule has 0 aromatic heterocycles. The van der Waals surface area contributed by atoms with Gasteiger partial charge >= 0.3 is 0 Å². The van der Waals surface area contributed by atoms with Gasteiger partial charge in [-0.25, -0.2) is 0 Å². The number of rotatable bonds is 5. The highest BCUT2D eigenvalue weighted by Crippen LogP contribution is 2.24. The van der Waals surface area contributed by atoms with Crippen LogP contribution in [-0.4, -0.2) is 74.8 Å². The quantitative estimate of drug-likeness (QED) is 0.847. The number of methoxy groups -OCH3 is 1. The van der Waals surface area contributed by atoms with E-state index in [-0.39, 0.29) is 12.0 Å². The van der Waals surface area contributed by atoms with Crippen molar-refractivity contribution in [2.45, 2.75) is 18.7 Å². The summed E-state index contributed by atoms with van der Waals surface area (Å²) in [6.07, 6.45) is 0.201. The zero-order valence-electron chi connectivity index (χ0n) is 13.8. The molecule has 0 saturated carbocycles. The fourth-order valence-corrected chi connectivity index (χ4v) is 3.41. The van der Waals surface area contributed by atoms with Crippen LogP contribution >= 0.6 is 0 Å². The molecule has 0 radical (unpaired) electrons. The second-order valence-corrected chi connectivity index (χ2v) is 6.16. The standard InChI is InChI=1S/C17H25N3O3/c1-18-17(21)12-20-7-8-23-16-11-19(10-15(16)20)9-13-3-5-14(22-2)6-4-13/h3-6,15-16H,7-12H2,1-2H3,(H,18,21)/t15-,16+/m1/s1. The maximum Gasteiger partial charge on any atom is 0.233 e. The lowest BCUT2D eigenvalue weighted by Gasteiger charge is -2.36. The summed E-state index contributed by atoms with van der Waals surface area (Å²) < 4.78 is 11.1. The van der Waals surface area contributed by atoms with E-state index in [2.05, 4.69) is 27.2 Å². The summed E-state index contributed by atoms with van der Waals surface area (Å²) in [4.78, 5) is 16.3. The van der Waals surface area contributed by atoms with Crippen molar-refractivity contribution in [3.05, 3.63) is 29.8 Å². The van der Waals surface area contributed by atoms with Crippen LogP contribution in [0.1, 0.15) is 5.56 Å². The maximum atomic E-state index is 11.7. The number of fused-ring (bicyclic) bond motifs is 1.